The van der Waals surface area contributed by atoms with Crippen LogP contribution >= 0.6 is 23.1 Å². The zero-order valence-electron chi connectivity index (χ0n) is 10.3. The van der Waals surface area contributed by atoms with E-state index in [9.17, 15) is 0 Å². The van der Waals surface area contributed by atoms with Gasteiger partial charge in [0.2, 0.25) is 0 Å². The maximum Gasteiger partial charge on any atom is 0.191 e. The average molecular weight is 270 g/mol. The quantitative estimate of drug-likeness (QED) is 0.655. The van der Waals surface area contributed by atoms with Crippen LogP contribution in [0.25, 0.3) is 0 Å². The highest BCUT2D eigenvalue weighted by molar-refractivity contribution is 7.99. The Bertz CT molecular complexity index is 408. The molecule has 0 aromatic carbocycles. The summed E-state index contributed by atoms with van der Waals surface area (Å²) in [5.74, 6) is 2.97. The standard InChI is InChI=1S/C11H18N4S2/c1-8-10(17-9(2)14-8)7-13-11(12)15-3-5-16-6-4-15/h3-7H2,1-2H3,(H2,12,13). The first-order valence-corrected chi connectivity index (χ1v) is 7.69. The van der Waals surface area contributed by atoms with Gasteiger partial charge in [0.15, 0.2) is 5.96 Å². The predicted octanol–water partition coefficient (Wildman–Crippen LogP) is 1.62. The Morgan fingerprint density at radius 2 is 2.12 bits per heavy atom. The van der Waals surface area contributed by atoms with Gasteiger partial charge in [-0.05, 0) is 13.8 Å². The topological polar surface area (TPSA) is 54.5 Å². The van der Waals surface area contributed by atoms with Crippen LogP contribution in [0.2, 0.25) is 0 Å². The van der Waals surface area contributed by atoms with Gasteiger partial charge in [-0.15, -0.1) is 11.3 Å². The van der Waals surface area contributed by atoms with E-state index in [1.165, 1.54) is 4.88 Å². The molecule has 0 radical (unpaired) electrons. The maximum atomic E-state index is 6.00. The summed E-state index contributed by atoms with van der Waals surface area (Å²) < 4.78 is 0. The number of guanidine groups is 1. The lowest BCUT2D eigenvalue weighted by atomic mass is 10.4. The molecule has 0 atom stereocenters. The molecule has 17 heavy (non-hydrogen) atoms. The van der Waals surface area contributed by atoms with Crippen molar-refractivity contribution in [2.75, 3.05) is 24.6 Å². The van der Waals surface area contributed by atoms with Crippen LogP contribution in [-0.2, 0) is 6.54 Å². The first kappa shape index (κ1) is 12.7. The summed E-state index contributed by atoms with van der Waals surface area (Å²) in [6.45, 7) is 6.74. The molecule has 0 spiro atoms. The summed E-state index contributed by atoms with van der Waals surface area (Å²) in [7, 11) is 0. The van der Waals surface area contributed by atoms with Gasteiger partial charge in [-0.25, -0.2) is 9.98 Å². The first-order chi connectivity index (χ1) is 8.16. The number of aromatic nitrogens is 1. The molecule has 0 saturated carbocycles. The number of nitrogens with two attached hydrogens (primary N) is 1. The van der Waals surface area contributed by atoms with Gasteiger partial charge in [-0.2, -0.15) is 11.8 Å². The Kier molecular flexibility index (Phi) is 4.28. The number of thiazole rings is 1. The molecule has 94 valence electrons. The molecule has 1 saturated heterocycles. The van der Waals surface area contributed by atoms with Gasteiger partial charge in [0.05, 0.1) is 17.2 Å². The van der Waals surface area contributed by atoms with E-state index in [2.05, 4.69) is 14.9 Å². The molecule has 0 unspecified atom stereocenters. The Morgan fingerprint density at radius 3 is 2.71 bits per heavy atom. The predicted molar refractivity (Wildman–Crippen MR) is 75.8 cm³/mol. The van der Waals surface area contributed by atoms with E-state index in [1.54, 1.807) is 11.3 Å². The Labute approximate surface area is 110 Å². The number of rotatable bonds is 2. The smallest absolute Gasteiger partial charge is 0.191 e. The van der Waals surface area contributed by atoms with Crippen LogP contribution in [0.4, 0.5) is 0 Å². The summed E-state index contributed by atoms with van der Waals surface area (Å²) in [6, 6.07) is 0. The van der Waals surface area contributed by atoms with Crippen LogP contribution in [0.3, 0.4) is 0 Å². The van der Waals surface area contributed by atoms with E-state index in [0.717, 1.165) is 35.3 Å². The first-order valence-electron chi connectivity index (χ1n) is 5.72. The molecular weight excluding hydrogens is 252 g/mol. The molecule has 1 fully saturated rings. The van der Waals surface area contributed by atoms with Crippen LogP contribution in [0.5, 0.6) is 0 Å². The molecule has 1 aliphatic heterocycles. The fourth-order valence-corrected chi connectivity index (χ4v) is 3.53. The Hall–Kier alpha value is -0.750. The molecule has 2 N–H and O–H groups in total. The van der Waals surface area contributed by atoms with Crippen molar-refractivity contribution in [2.24, 2.45) is 10.7 Å². The minimum Gasteiger partial charge on any atom is -0.370 e. The Morgan fingerprint density at radius 1 is 1.41 bits per heavy atom. The van der Waals surface area contributed by atoms with Crippen molar-refractivity contribution in [1.82, 2.24) is 9.88 Å². The third kappa shape index (κ3) is 3.35. The van der Waals surface area contributed by atoms with Crippen molar-refractivity contribution >= 4 is 29.1 Å². The third-order valence-electron chi connectivity index (χ3n) is 2.72. The van der Waals surface area contributed by atoms with E-state index < -0.39 is 0 Å². The summed E-state index contributed by atoms with van der Waals surface area (Å²) in [4.78, 5) is 12.3. The molecule has 0 aliphatic carbocycles. The summed E-state index contributed by atoms with van der Waals surface area (Å²) >= 11 is 3.68. The van der Waals surface area contributed by atoms with Gasteiger partial charge < -0.3 is 10.6 Å². The number of hydrogen-bond acceptors (Lipinski definition) is 4. The molecular formula is C11H18N4S2. The maximum absolute atomic E-state index is 6.00. The zero-order chi connectivity index (χ0) is 12.3. The molecule has 6 heteroatoms. The van der Waals surface area contributed by atoms with E-state index in [-0.39, 0.29) is 0 Å². The second-order valence-electron chi connectivity index (χ2n) is 4.02. The molecule has 0 bridgehead atoms. The van der Waals surface area contributed by atoms with Gasteiger partial charge in [0.1, 0.15) is 0 Å². The van der Waals surface area contributed by atoms with E-state index >= 15 is 0 Å². The highest BCUT2D eigenvalue weighted by Gasteiger charge is 2.12. The monoisotopic (exact) mass is 270 g/mol. The van der Waals surface area contributed by atoms with Gasteiger partial charge >= 0.3 is 0 Å². The van der Waals surface area contributed by atoms with Crippen LogP contribution in [0, 0.1) is 13.8 Å². The third-order valence-corrected chi connectivity index (χ3v) is 4.72. The summed E-state index contributed by atoms with van der Waals surface area (Å²) in [5, 5.41) is 1.10. The highest BCUT2D eigenvalue weighted by Crippen LogP contribution is 2.18. The second-order valence-corrected chi connectivity index (χ2v) is 6.53. The Balaban J connectivity index is 1.97. The van der Waals surface area contributed by atoms with Crippen LogP contribution < -0.4 is 5.73 Å². The number of thioether (sulfide) groups is 1. The minimum atomic E-state index is 0.660. The van der Waals surface area contributed by atoms with Crippen molar-refractivity contribution in [3.8, 4) is 0 Å². The number of hydrogen-bond donors (Lipinski definition) is 1. The minimum absolute atomic E-state index is 0.660. The van der Waals surface area contributed by atoms with Gasteiger partial charge in [0.25, 0.3) is 0 Å². The van der Waals surface area contributed by atoms with Crippen molar-refractivity contribution in [2.45, 2.75) is 20.4 Å². The second kappa shape index (κ2) is 5.73. The summed E-state index contributed by atoms with van der Waals surface area (Å²) in [5.41, 5.74) is 7.09. The van der Waals surface area contributed by atoms with E-state index in [1.807, 2.05) is 25.6 Å². The lowest BCUT2D eigenvalue weighted by Gasteiger charge is -2.27. The average Bonchev–Trinajstić information content (AvgIpc) is 2.66. The van der Waals surface area contributed by atoms with E-state index in [4.69, 9.17) is 5.73 Å². The molecule has 2 heterocycles. The number of nitrogens with zero attached hydrogens (tertiary/aromatic N) is 3. The number of aliphatic imine (C=N–C) groups is 1. The van der Waals surface area contributed by atoms with Crippen molar-refractivity contribution in [3.63, 3.8) is 0 Å². The van der Waals surface area contributed by atoms with Crippen molar-refractivity contribution in [1.29, 1.82) is 0 Å². The normalized spacial score (nSPS) is 17.5. The molecule has 2 rings (SSSR count). The molecule has 1 aromatic rings. The van der Waals surface area contributed by atoms with Crippen LogP contribution in [0.1, 0.15) is 15.6 Å². The van der Waals surface area contributed by atoms with Crippen molar-refractivity contribution in [3.05, 3.63) is 15.6 Å². The lowest BCUT2D eigenvalue weighted by molar-refractivity contribution is 0.456. The summed E-state index contributed by atoms with van der Waals surface area (Å²) in [6.07, 6.45) is 0. The SMILES string of the molecule is Cc1nc(C)c(CN=C(N)N2CCSCC2)s1. The van der Waals surface area contributed by atoms with Gasteiger partial charge in [-0.1, -0.05) is 0 Å². The van der Waals surface area contributed by atoms with Gasteiger partial charge in [-0.3, -0.25) is 0 Å². The molecule has 4 nitrogen and oxygen atoms in total. The van der Waals surface area contributed by atoms with Crippen LogP contribution in [-0.4, -0.2) is 40.4 Å². The van der Waals surface area contributed by atoms with Crippen molar-refractivity contribution < 1.29 is 0 Å². The molecule has 0 amide bonds. The lowest BCUT2D eigenvalue weighted by Crippen LogP contribution is -2.42. The fraction of sp³-hybridized carbons (Fsp3) is 0.636. The largest absolute Gasteiger partial charge is 0.370 e. The van der Waals surface area contributed by atoms with E-state index in [0.29, 0.717) is 12.5 Å². The molecule has 1 aromatic heterocycles. The molecule has 1 aliphatic rings. The highest BCUT2D eigenvalue weighted by atomic mass is 32.2. The number of aryl methyl sites for hydroxylation is 2. The zero-order valence-corrected chi connectivity index (χ0v) is 11.9. The van der Waals surface area contributed by atoms with Gasteiger partial charge in [0, 0.05) is 29.5 Å². The fourth-order valence-electron chi connectivity index (χ4n) is 1.77. The van der Waals surface area contributed by atoms with Crippen LogP contribution in [0.15, 0.2) is 4.99 Å².